The Morgan fingerprint density at radius 1 is 1.27 bits per heavy atom. The van der Waals surface area contributed by atoms with Crippen molar-refractivity contribution < 1.29 is 22.8 Å². The highest BCUT2D eigenvalue weighted by molar-refractivity contribution is 6.29. The maximum Gasteiger partial charge on any atom is 0.273 e. The molecule has 3 aromatic heterocycles. The Morgan fingerprint density at radius 3 is 2.73 bits per heavy atom. The third kappa shape index (κ3) is 5.86. The quantitative estimate of drug-likeness (QED) is 0.240. The molecule has 0 aliphatic heterocycles. The molecular weight excluding hydrogens is 504 g/mol. The number of aryl methyl sites for hydroxylation is 1. The summed E-state index contributed by atoms with van der Waals surface area (Å²) in [5.74, 6) is -1.62. The molecule has 0 saturated heterocycles. The van der Waals surface area contributed by atoms with Crippen molar-refractivity contribution in [3.63, 3.8) is 0 Å². The summed E-state index contributed by atoms with van der Waals surface area (Å²) in [6, 6.07) is 7.66. The molecule has 1 N–H and O–H groups in total. The molecule has 0 bridgehead atoms. The number of rotatable bonds is 9. The lowest BCUT2D eigenvalue weighted by Gasteiger charge is -2.29. The number of carbonyl (C=O) groups excluding carboxylic acids is 1. The lowest BCUT2D eigenvalue weighted by Crippen LogP contribution is -2.40. The zero-order valence-corrected chi connectivity index (χ0v) is 21.1. The van der Waals surface area contributed by atoms with E-state index in [9.17, 15) is 13.6 Å². The number of aromatic nitrogens is 4. The summed E-state index contributed by atoms with van der Waals surface area (Å²) in [6.45, 7) is 7.96. The first-order valence-electron chi connectivity index (χ1n) is 11.2. The van der Waals surface area contributed by atoms with Crippen molar-refractivity contribution in [1.29, 1.82) is 0 Å². The summed E-state index contributed by atoms with van der Waals surface area (Å²) in [7, 11) is 1.78. The fraction of sp³-hybridized carbons (Fsp3) is 0.231. The molecule has 0 aliphatic rings. The first-order chi connectivity index (χ1) is 17.5. The number of benzene rings is 1. The van der Waals surface area contributed by atoms with Gasteiger partial charge in [-0.05, 0) is 31.6 Å². The molecule has 192 valence electrons. The van der Waals surface area contributed by atoms with E-state index in [0.717, 1.165) is 23.3 Å². The summed E-state index contributed by atoms with van der Waals surface area (Å²) in [5, 5.41) is 11.1. The molecule has 3 heterocycles. The average molecular weight is 528 g/mol. The molecule has 8 nitrogen and oxygen atoms in total. The fourth-order valence-electron chi connectivity index (χ4n) is 3.64. The number of halogens is 3. The van der Waals surface area contributed by atoms with Crippen LogP contribution in [-0.4, -0.2) is 39.0 Å². The summed E-state index contributed by atoms with van der Waals surface area (Å²) >= 11 is 6.31. The number of hydrogen-bond donors (Lipinski definition) is 1. The second kappa shape index (κ2) is 10.5. The number of nitrogens with one attached hydrogen (secondary N) is 1. The van der Waals surface area contributed by atoms with Crippen molar-refractivity contribution >= 4 is 17.5 Å². The van der Waals surface area contributed by atoms with Crippen LogP contribution in [0.4, 0.5) is 8.78 Å². The number of nitrogens with zero attached hydrogens (tertiary/aromatic N) is 4. The first-order valence-corrected chi connectivity index (χ1v) is 11.6. The van der Waals surface area contributed by atoms with Crippen molar-refractivity contribution in [3.05, 3.63) is 94.7 Å². The smallest absolute Gasteiger partial charge is 0.273 e. The van der Waals surface area contributed by atoms with Gasteiger partial charge < -0.3 is 14.6 Å². The largest absolute Gasteiger partial charge is 0.489 e. The minimum absolute atomic E-state index is 0.00604. The van der Waals surface area contributed by atoms with Crippen LogP contribution in [0.25, 0.3) is 11.3 Å². The van der Waals surface area contributed by atoms with E-state index in [4.69, 9.17) is 20.9 Å². The molecule has 4 aromatic rings. The number of ether oxygens (including phenoxy) is 1. The Bertz CT molecular complexity index is 1470. The lowest BCUT2D eigenvalue weighted by molar-refractivity contribution is 0.0938. The monoisotopic (exact) mass is 527 g/mol. The molecule has 0 saturated carbocycles. The number of carbonyl (C=O) groups is 1. The van der Waals surface area contributed by atoms with Gasteiger partial charge in [-0.15, -0.1) is 0 Å². The number of hydrogen-bond acceptors (Lipinski definition) is 6. The average Bonchev–Trinajstić information content (AvgIpc) is 3.50. The predicted octanol–water partition coefficient (Wildman–Crippen LogP) is 5.09. The predicted molar refractivity (Wildman–Crippen MR) is 133 cm³/mol. The maximum atomic E-state index is 14.1. The second-order valence-electron chi connectivity index (χ2n) is 8.87. The van der Waals surface area contributed by atoms with E-state index in [-0.39, 0.29) is 28.7 Å². The minimum atomic E-state index is -0.869. The Labute approximate surface area is 216 Å². The number of pyridine rings is 1. The zero-order valence-electron chi connectivity index (χ0n) is 20.4. The van der Waals surface area contributed by atoms with Crippen LogP contribution in [0.1, 0.15) is 35.6 Å². The summed E-state index contributed by atoms with van der Waals surface area (Å²) in [4.78, 5) is 17.5. The van der Waals surface area contributed by atoms with Crippen LogP contribution in [0.3, 0.4) is 0 Å². The van der Waals surface area contributed by atoms with Crippen LogP contribution in [0.2, 0.25) is 5.15 Å². The van der Waals surface area contributed by atoms with Crippen molar-refractivity contribution in [2.45, 2.75) is 19.3 Å². The van der Waals surface area contributed by atoms with E-state index in [0.29, 0.717) is 18.1 Å². The molecule has 37 heavy (non-hydrogen) atoms. The summed E-state index contributed by atoms with van der Waals surface area (Å²) < 4.78 is 39.9. The topological polar surface area (TPSA) is 95.1 Å². The molecule has 0 spiro atoms. The third-order valence-corrected chi connectivity index (χ3v) is 5.90. The van der Waals surface area contributed by atoms with Crippen LogP contribution in [-0.2, 0) is 12.5 Å². The van der Waals surface area contributed by atoms with Gasteiger partial charge in [0, 0.05) is 49.6 Å². The Hall–Kier alpha value is -4.05. The molecule has 1 unspecified atom stereocenters. The van der Waals surface area contributed by atoms with Gasteiger partial charge in [0.2, 0.25) is 0 Å². The van der Waals surface area contributed by atoms with Gasteiger partial charge in [-0.25, -0.2) is 13.8 Å². The van der Waals surface area contributed by atoms with Crippen LogP contribution in [0.15, 0.2) is 65.5 Å². The van der Waals surface area contributed by atoms with E-state index in [1.165, 1.54) is 12.1 Å². The van der Waals surface area contributed by atoms with E-state index in [2.05, 4.69) is 27.1 Å². The van der Waals surface area contributed by atoms with Gasteiger partial charge in [0.15, 0.2) is 11.5 Å². The van der Waals surface area contributed by atoms with Crippen LogP contribution in [0.5, 0.6) is 5.75 Å². The maximum absolute atomic E-state index is 14.1. The molecule has 0 fully saturated rings. The Balaban J connectivity index is 1.60. The van der Waals surface area contributed by atoms with Gasteiger partial charge in [0.1, 0.15) is 29.1 Å². The fourth-order valence-corrected chi connectivity index (χ4v) is 3.84. The molecule has 0 radical (unpaired) electrons. The highest BCUT2D eigenvalue weighted by atomic mass is 35.5. The van der Waals surface area contributed by atoms with Gasteiger partial charge >= 0.3 is 0 Å². The number of amides is 1. The molecule has 0 aliphatic carbocycles. The molecular formula is C26H24ClF2N5O3. The highest BCUT2D eigenvalue weighted by Crippen LogP contribution is 2.33. The molecule has 1 atom stereocenters. The van der Waals surface area contributed by atoms with Crippen molar-refractivity contribution in [1.82, 2.24) is 25.2 Å². The first kappa shape index (κ1) is 26.0. The normalized spacial score (nSPS) is 12.7. The second-order valence-corrected chi connectivity index (χ2v) is 9.26. The van der Waals surface area contributed by atoms with Gasteiger partial charge in [0.25, 0.3) is 5.91 Å². The van der Waals surface area contributed by atoms with E-state index < -0.39 is 23.0 Å². The Morgan fingerprint density at radius 2 is 2.05 bits per heavy atom. The molecule has 4 rings (SSSR count). The van der Waals surface area contributed by atoms with E-state index >= 15 is 0 Å². The van der Waals surface area contributed by atoms with Crippen molar-refractivity contribution in [3.8, 4) is 17.1 Å². The lowest BCUT2D eigenvalue weighted by atomic mass is 9.80. The summed E-state index contributed by atoms with van der Waals surface area (Å²) in [5.41, 5.74) is 1.19. The van der Waals surface area contributed by atoms with E-state index in [1.54, 1.807) is 30.1 Å². The van der Waals surface area contributed by atoms with Crippen LogP contribution >= 0.6 is 11.6 Å². The zero-order chi connectivity index (χ0) is 26.7. The third-order valence-electron chi connectivity index (χ3n) is 5.70. The minimum Gasteiger partial charge on any atom is -0.489 e. The van der Waals surface area contributed by atoms with Gasteiger partial charge in [-0.3, -0.25) is 9.48 Å². The standard InChI is InChI=1S/C26H24ClF2N5O3/c1-15(2)13-36-18-8-23(32-24(27)9-18)26(3,16-11-31-34(4)12-16)14-30-25(35)21-10-22(37-33-21)19-6-5-17(28)7-20(19)29/h5-12H,1,13-14H2,2-4H3,(H,30,35). The van der Waals surface area contributed by atoms with Crippen molar-refractivity contribution in [2.24, 2.45) is 7.05 Å². The van der Waals surface area contributed by atoms with Gasteiger partial charge in [-0.2, -0.15) is 5.10 Å². The SMILES string of the molecule is C=C(C)COc1cc(Cl)nc(C(C)(CNC(=O)c2cc(-c3ccc(F)cc3F)on2)c2cnn(C)c2)c1. The molecule has 1 amide bonds. The highest BCUT2D eigenvalue weighted by Gasteiger charge is 2.34. The van der Waals surface area contributed by atoms with E-state index in [1.807, 2.05) is 20.0 Å². The molecule has 1 aromatic carbocycles. The van der Waals surface area contributed by atoms with Crippen LogP contribution < -0.4 is 10.1 Å². The van der Waals surface area contributed by atoms with Gasteiger partial charge in [-0.1, -0.05) is 23.3 Å². The summed E-state index contributed by atoms with van der Waals surface area (Å²) in [6.07, 6.45) is 3.49. The van der Waals surface area contributed by atoms with Crippen molar-refractivity contribution in [2.75, 3.05) is 13.2 Å². The Kier molecular flexibility index (Phi) is 7.40. The van der Waals surface area contributed by atoms with Gasteiger partial charge in [0.05, 0.1) is 22.9 Å². The molecule has 11 heteroatoms. The van der Waals surface area contributed by atoms with Crippen LogP contribution in [0, 0.1) is 11.6 Å².